The van der Waals surface area contributed by atoms with Crippen LogP contribution < -0.4 is 10.6 Å². The van der Waals surface area contributed by atoms with Crippen molar-refractivity contribution in [3.8, 4) is 0 Å². The molecule has 2 aromatic rings. The standard InChI is InChI=1S/C21H33N5S2.HI/c1-5-22-21(24-13-19-25-17(14-28-19)15(2)3)23-12-16-8-6-10-26(4)20(16)18-9-7-11-27-18;/h7,9,11,14-16,20H,5-6,8,10,12-13H2,1-4H3,(H2,22,23,24);1H. The van der Waals surface area contributed by atoms with Gasteiger partial charge < -0.3 is 10.6 Å². The first-order chi connectivity index (χ1) is 13.6. The van der Waals surface area contributed by atoms with Crippen LogP contribution in [0.2, 0.25) is 0 Å². The van der Waals surface area contributed by atoms with Gasteiger partial charge in [-0.1, -0.05) is 19.9 Å². The van der Waals surface area contributed by atoms with Crippen molar-refractivity contribution in [1.29, 1.82) is 0 Å². The third-order valence-corrected chi connectivity index (χ3v) is 7.05. The van der Waals surface area contributed by atoms with Crippen molar-refractivity contribution in [2.75, 3.05) is 26.7 Å². The van der Waals surface area contributed by atoms with E-state index in [4.69, 9.17) is 9.98 Å². The number of aromatic nitrogens is 1. The van der Waals surface area contributed by atoms with Crippen LogP contribution in [0.3, 0.4) is 0 Å². The molecule has 1 aliphatic heterocycles. The third-order valence-electron chi connectivity index (χ3n) is 5.25. The van der Waals surface area contributed by atoms with Gasteiger partial charge in [-0.15, -0.1) is 46.7 Å². The van der Waals surface area contributed by atoms with E-state index in [9.17, 15) is 0 Å². The van der Waals surface area contributed by atoms with E-state index in [1.165, 1.54) is 24.3 Å². The molecule has 29 heavy (non-hydrogen) atoms. The molecule has 2 aromatic heterocycles. The van der Waals surface area contributed by atoms with Gasteiger partial charge in [-0.05, 0) is 56.6 Å². The molecule has 162 valence electrons. The minimum atomic E-state index is 0. The second-order valence-corrected chi connectivity index (χ2v) is 9.66. The van der Waals surface area contributed by atoms with Crippen molar-refractivity contribution in [3.63, 3.8) is 0 Å². The molecule has 0 spiro atoms. The molecule has 2 unspecified atom stereocenters. The van der Waals surface area contributed by atoms with Crippen LogP contribution in [-0.2, 0) is 6.54 Å². The lowest BCUT2D eigenvalue weighted by Crippen LogP contribution is -2.44. The Labute approximate surface area is 200 Å². The number of guanidine groups is 1. The highest BCUT2D eigenvalue weighted by Crippen LogP contribution is 2.36. The Bertz CT molecular complexity index is 744. The lowest BCUT2D eigenvalue weighted by Gasteiger charge is -2.39. The summed E-state index contributed by atoms with van der Waals surface area (Å²) in [5, 5.41) is 12.4. The van der Waals surface area contributed by atoms with Crippen LogP contribution in [0.5, 0.6) is 0 Å². The van der Waals surface area contributed by atoms with Crippen LogP contribution in [0, 0.1) is 5.92 Å². The van der Waals surface area contributed by atoms with Gasteiger partial charge in [0.2, 0.25) is 0 Å². The Morgan fingerprint density at radius 3 is 2.83 bits per heavy atom. The second-order valence-electron chi connectivity index (χ2n) is 7.74. The highest BCUT2D eigenvalue weighted by atomic mass is 127. The van der Waals surface area contributed by atoms with Crippen LogP contribution in [0.25, 0.3) is 0 Å². The molecule has 8 heteroatoms. The maximum atomic E-state index is 4.78. The summed E-state index contributed by atoms with van der Waals surface area (Å²) in [5.41, 5.74) is 1.16. The van der Waals surface area contributed by atoms with Crippen LogP contribution in [0.4, 0.5) is 0 Å². The Balaban J connectivity index is 0.00000300. The summed E-state index contributed by atoms with van der Waals surface area (Å²) in [6.07, 6.45) is 2.51. The largest absolute Gasteiger partial charge is 0.357 e. The Morgan fingerprint density at radius 1 is 1.34 bits per heavy atom. The summed E-state index contributed by atoms with van der Waals surface area (Å²) in [6.45, 7) is 10.1. The minimum Gasteiger partial charge on any atom is -0.357 e. The topological polar surface area (TPSA) is 52.6 Å². The number of nitrogens with one attached hydrogen (secondary N) is 2. The zero-order valence-corrected chi connectivity index (χ0v) is 21.8. The van der Waals surface area contributed by atoms with E-state index in [0.717, 1.165) is 29.8 Å². The SMILES string of the molecule is CCNC(=NCc1nc(C(C)C)cs1)NCC1CCCN(C)C1c1cccs1.I. The van der Waals surface area contributed by atoms with E-state index >= 15 is 0 Å². The monoisotopic (exact) mass is 547 g/mol. The highest BCUT2D eigenvalue weighted by Gasteiger charge is 2.31. The first-order valence-corrected chi connectivity index (χ1v) is 12.0. The molecule has 2 N–H and O–H groups in total. The number of aliphatic imine (C=N–C) groups is 1. The fourth-order valence-corrected chi connectivity index (χ4v) is 5.62. The Hall–Kier alpha value is -0.710. The average molecular weight is 548 g/mol. The van der Waals surface area contributed by atoms with Gasteiger partial charge >= 0.3 is 0 Å². The molecule has 1 saturated heterocycles. The molecule has 0 radical (unpaired) electrons. The number of nitrogens with zero attached hydrogens (tertiary/aromatic N) is 3. The molecule has 0 aromatic carbocycles. The highest BCUT2D eigenvalue weighted by molar-refractivity contribution is 14.0. The molecule has 0 saturated carbocycles. The molecule has 2 atom stereocenters. The normalized spacial score (nSPS) is 20.5. The minimum absolute atomic E-state index is 0. The summed E-state index contributed by atoms with van der Waals surface area (Å²) in [4.78, 5) is 13.5. The number of halogens is 1. The second kappa shape index (κ2) is 12.2. The van der Waals surface area contributed by atoms with E-state index in [2.05, 4.69) is 66.2 Å². The van der Waals surface area contributed by atoms with E-state index in [-0.39, 0.29) is 24.0 Å². The van der Waals surface area contributed by atoms with Crippen molar-refractivity contribution in [1.82, 2.24) is 20.5 Å². The van der Waals surface area contributed by atoms with E-state index in [1.54, 1.807) is 11.3 Å². The average Bonchev–Trinajstić information content (AvgIpc) is 3.36. The maximum Gasteiger partial charge on any atom is 0.191 e. The number of hydrogen-bond acceptors (Lipinski definition) is 5. The summed E-state index contributed by atoms with van der Waals surface area (Å²) in [7, 11) is 2.25. The number of thiazole rings is 1. The molecule has 3 heterocycles. The number of rotatable bonds is 7. The lowest BCUT2D eigenvalue weighted by atomic mass is 9.88. The number of likely N-dealkylation sites (tertiary alicyclic amines) is 1. The van der Waals surface area contributed by atoms with Gasteiger partial charge in [0.25, 0.3) is 0 Å². The van der Waals surface area contributed by atoms with Gasteiger partial charge in [0, 0.05) is 29.4 Å². The molecular formula is C21H34IN5S2. The fraction of sp³-hybridized carbons (Fsp3) is 0.619. The summed E-state index contributed by atoms with van der Waals surface area (Å²) in [6, 6.07) is 4.94. The first-order valence-electron chi connectivity index (χ1n) is 10.3. The van der Waals surface area contributed by atoms with Crippen LogP contribution >= 0.6 is 46.7 Å². The zero-order valence-electron chi connectivity index (χ0n) is 17.9. The molecule has 0 bridgehead atoms. The summed E-state index contributed by atoms with van der Waals surface area (Å²) >= 11 is 3.58. The Morgan fingerprint density at radius 2 is 2.17 bits per heavy atom. The van der Waals surface area contributed by atoms with Gasteiger partial charge in [0.05, 0.1) is 12.2 Å². The van der Waals surface area contributed by atoms with Gasteiger partial charge in [0.1, 0.15) is 5.01 Å². The predicted molar refractivity (Wildman–Crippen MR) is 137 cm³/mol. The molecule has 1 aliphatic rings. The fourth-order valence-electron chi connectivity index (χ4n) is 3.76. The van der Waals surface area contributed by atoms with Gasteiger partial charge in [-0.3, -0.25) is 4.90 Å². The smallest absolute Gasteiger partial charge is 0.191 e. The summed E-state index contributed by atoms with van der Waals surface area (Å²) < 4.78 is 0. The lowest BCUT2D eigenvalue weighted by molar-refractivity contribution is 0.125. The van der Waals surface area contributed by atoms with Gasteiger partial charge in [-0.25, -0.2) is 9.98 Å². The van der Waals surface area contributed by atoms with E-state index in [0.29, 0.717) is 24.4 Å². The maximum absolute atomic E-state index is 4.78. The van der Waals surface area contributed by atoms with Crippen LogP contribution in [0.1, 0.15) is 61.2 Å². The number of piperidine rings is 1. The van der Waals surface area contributed by atoms with Crippen LogP contribution in [-0.4, -0.2) is 42.5 Å². The van der Waals surface area contributed by atoms with Crippen LogP contribution in [0.15, 0.2) is 27.9 Å². The number of hydrogen-bond donors (Lipinski definition) is 2. The third kappa shape index (κ3) is 6.90. The Kier molecular flexibility index (Phi) is 10.3. The predicted octanol–water partition coefficient (Wildman–Crippen LogP) is 5.08. The molecule has 5 nitrogen and oxygen atoms in total. The molecule has 1 fully saturated rings. The summed E-state index contributed by atoms with van der Waals surface area (Å²) in [5.74, 6) is 1.95. The first kappa shape index (κ1) is 24.6. The van der Waals surface area contributed by atoms with Gasteiger partial charge in [-0.2, -0.15) is 0 Å². The van der Waals surface area contributed by atoms with E-state index < -0.39 is 0 Å². The van der Waals surface area contributed by atoms with Crippen molar-refractivity contribution >= 4 is 52.6 Å². The molecule has 0 aliphatic carbocycles. The van der Waals surface area contributed by atoms with Crippen molar-refractivity contribution in [2.24, 2.45) is 10.9 Å². The quantitative estimate of drug-likeness (QED) is 0.288. The van der Waals surface area contributed by atoms with E-state index in [1.807, 2.05) is 11.3 Å². The van der Waals surface area contributed by atoms with Gasteiger partial charge in [0.15, 0.2) is 5.96 Å². The molecular weight excluding hydrogens is 513 g/mol. The molecule has 0 amide bonds. The molecule has 3 rings (SSSR count). The van der Waals surface area contributed by atoms with Crippen molar-refractivity contribution in [2.45, 2.75) is 52.1 Å². The van der Waals surface area contributed by atoms with Crippen molar-refractivity contribution < 1.29 is 0 Å². The van der Waals surface area contributed by atoms with Crippen molar-refractivity contribution in [3.05, 3.63) is 38.5 Å². The zero-order chi connectivity index (χ0) is 19.9. The number of thiophene rings is 1.